The van der Waals surface area contributed by atoms with Gasteiger partial charge in [0.1, 0.15) is 0 Å². The van der Waals surface area contributed by atoms with Crippen LogP contribution in [-0.2, 0) is 12.8 Å². The number of fused-ring (bicyclic) bond motifs is 2. The summed E-state index contributed by atoms with van der Waals surface area (Å²) >= 11 is 6.83. The number of benzene rings is 1. The zero-order chi connectivity index (χ0) is 22.0. The second kappa shape index (κ2) is 9.62. The van der Waals surface area contributed by atoms with E-state index < -0.39 is 0 Å². The minimum absolute atomic E-state index is 0.619. The fourth-order valence-electron chi connectivity index (χ4n) is 4.91. The zero-order valence-corrected chi connectivity index (χ0v) is 19.6. The molecule has 166 valence electrons. The lowest BCUT2D eigenvalue weighted by Gasteiger charge is -2.26. The summed E-state index contributed by atoms with van der Waals surface area (Å²) < 4.78 is 0. The number of hydrogen-bond donors (Lipinski definition) is 1. The van der Waals surface area contributed by atoms with Crippen molar-refractivity contribution < 1.29 is 0 Å². The maximum Gasteiger partial charge on any atom is 0.0901 e. The van der Waals surface area contributed by atoms with E-state index >= 15 is 0 Å². The first-order chi connectivity index (χ1) is 15.0. The number of halogens is 1. The summed E-state index contributed by atoms with van der Waals surface area (Å²) in [6, 6.07) is 6.41. The Balaban J connectivity index is 1.54. The number of allylic oxidation sites excluding steroid dienone is 1. The van der Waals surface area contributed by atoms with Crippen LogP contribution in [0.3, 0.4) is 0 Å². The van der Waals surface area contributed by atoms with Crippen LogP contribution in [0.2, 0.25) is 5.02 Å². The van der Waals surface area contributed by atoms with E-state index in [4.69, 9.17) is 22.3 Å². The summed E-state index contributed by atoms with van der Waals surface area (Å²) in [6.45, 7) is 14.5. The average molecular weight is 439 g/mol. The van der Waals surface area contributed by atoms with Crippen LogP contribution in [0.1, 0.15) is 55.8 Å². The molecular formula is C26H35ClN4. The van der Waals surface area contributed by atoms with Gasteiger partial charge in [0, 0.05) is 35.6 Å². The SMILES string of the molecule is C=C(CCCC)N1CCN(C(=C)c2ccc3c(Cl)c4c(nc3c2)CC(CCN)CC4)C1. The van der Waals surface area contributed by atoms with Crippen LogP contribution < -0.4 is 5.73 Å². The van der Waals surface area contributed by atoms with Gasteiger partial charge in [0.25, 0.3) is 0 Å². The molecule has 2 aliphatic rings. The second-order valence-electron chi connectivity index (χ2n) is 9.05. The highest BCUT2D eigenvalue weighted by atomic mass is 35.5. The minimum atomic E-state index is 0.619. The molecule has 1 aliphatic carbocycles. The molecule has 4 rings (SSSR count). The van der Waals surface area contributed by atoms with Crippen molar-refractivity contribution in [1.29, 1.82) is 0 Å². The molecule has 0 saturated carbocycles. The van der Waals surface area contributed by atoms with Crippen molar-refractivity contribution in [1.82, 2.24) is 14.8 Å². The number of pyridine rings is 1. The number of rotatable bonds is 8. The van der Waals surface area contributed by atoms with E-state index in [1.165, 1.54) is 24.1 Å². The Morgan fingerprint density at radius 3 is 2.84 bits per heavy atom. The van der Waals surface area contributed by atoms with Crippen LogP contribution >= 0.6 is 11.6 Å². The van der Waals surface area contributed by atoms with Gasteiger partial charge in [-0.25, -0.2) is 0 Å². The quantitative estimate of drug-likeness (QED) is 0.583. The highest BCUT2D eigenvalue weighted by Gasteiger charge is 2.25. The molecule has 4 nitrogen and oxygen atoms in total. The lowest BCUT2D eigenvalue weighted by molar-refractivity contribution is 0.347. The van der Waals surface area contributed by atoms with Crippen molar-refractivity contribution in [3.05, 3.63) is 58.9 Å². The summed E-state index contributed by atoms with van der Waals surface area (Å²) in [6.07, 6.45) is 7.67. The van der Waals surface area contributed by atoms with Crippen molar-refractivity contribution in [2.45, 2.75) is 51.9 Å². The van der Waals surface area contributed by atoms with E-state index in [0.717, 1.165) is 91.3 Å². The summed E-state index contributed by atoms with van der Waals surface area (Å²) in [5.74, 6) is 0.619. The topological polar surface area (TPSA) is 45.4 Å². The summed E-state index contributed by atoms with van der Waals surface area (Å²) in [5.41, 5.74) is 12.6. The largest absolute Gasteiger partial charge is 0.356 e. The molecule has 1 fully saturated rings. The van der Waals surface area contributed by atoms with Crippen LogP contribution in [0.25, 0.3) is 16.6 Å². The van der Waals surface area contributed by atoms with Crippen LogP contribution in [0.15, 0.2) is 37.1 Å². The average Bonchev–Trinajstić information content (AvgIpc) is 3.27. The van der Waals surface area contributed by atoms with Gasteiger partial charge in [0.2, 0.25) is 0 Å². The molecule has 1 aromatic carbocycles. The molecule has 1 aromatic heterocycles. The van der Waals surface area contributed by atoms with Gasteiger partial charge in [0.15, 0.2) is 0 Å². The third-order valence-electron chi connectivity index (χ3n) is 6.92. The van der Waals surface area contributed by atoms with Gasteiger partial charge in [0.05, 0.1) is 17.2 Å². The summed E-state index contributed by atoms with van der Waals surface area (Å²) in [4.78, 5) is 9.77. The molecule has 0 spiro atoms. The minimum Gasteiger partial charge on any atom is -0.356 e. The molecule has 2 aromatic rings. The van der Waals surface area contributed by atoms with E-state index in [1.807, 2.05) is 0 Å². The molecule has 0 bridgehead atoms. The summed E-state index contributed by atoms with van der Waals surface area (Å²) in [5, 5.41) is 1.92. The van der Waals surface area contributed by atoms with E-state index in [-0.39, 0.29) is 0 Å². The summed E-state index contributed by atoms with van der Waals surface area (Å²) in [7, 11) is 0. The van der Waals surface area contributed by atoms with E-state index in [9.17, 15) is 0 Å². The number of aromatic nitrogens is 1. The van der Waals surface area contributed by atoms with Gasteiger partial charge >= 0.3 is 0 Å². The lowest BCUT2D eigenvalue weighted by Crippen LogP contribution is -2.23. The van der Waals surface area contributed by atoms with Crippen molar-refractivity contribution >= 4 is 28.2 Å². The maximum absolute atomic E-state index is 6.83. The van der Waals surface area contributed by atoms with E-state index in [2.05, 4.69) is 48.1 Å². The third-order valence-corrected chi connectivity index (χ3v) is 7.36. The monoisotopic (exact) mass is 438 g/mol. The van der Waals surface area contributed by atoms with E-state index in [0.29, 0.717) is 5.92 Å². The van der Waals surface area contributed by atoms with Crippen molar-refractivity contribution in [2.24, 2.45) is 11.7 Å². The number of nitrogens with zero attached hydrogens (tertiary/aromatic N) is 3. The molecule has 1 atom stereocenters. The molecule has 5 heteroatoms. The molecular weight excluding hydrogens is 404 g/mol. The van der Waals surface area contributed by atoms with Crippen LogP contribution in [-0.4, -0.2) is 41.1 Å². The molecule has 0 amide bonds. The number of nitrogens with two attached hydrogens (primary N) is 1. The first kappa shape index (κ1) is 22.2. The maximum atomic E-state index is 6.83. The van der Waals surface area contributed by atoms with E-state index in [1.54, 1.807) is 0 Å². The smallest absolute Gasteiger partial charge is 0.0901 e. The van der Waals surface area contributed by atoms with Crippen LogP contribution in [0.5, 0.6) is 0 Å². The second-order valence-corrected chi connectivity index (χ2v) is 9.43. The highest BCUT2D eigenvalue weighted by Crippen LogP contribution is 2.36. The Kier molecular flexibility index (Phi) is 6.88. The number of unbranched alkanes of at least 4 members (excludes halogenated alkanes) is 1. The predicted molar refractivity (Wildman–Crippen MR) is 132 cm³/mol. The molecule has 1 saturated heterocycles. The van der Waals surface area contributed by atoms with Gasteiger partial charge in [-0.05, 0) is 68.2 Å². The Hall–Kier alpha value is -2.04. The normalized spacial score (nSPS) is 18.5. The Morgan fingerprint density at radius 1 is 1.26 bits per heavy atom. The standard InChI is InChI=1S/C26H35ClN4/c1-4-5-6-18(2)30-13-14-31(17-30)19(3)21-8-10-23-25(16-21)29-24-15-20(11-12-28)7-9-22(24)26(23)27/h8,10,16,20H,2-7,9,11-15,17,28H2,1H3. The van der Waals surface area contributed by atoms with Gasteiger partial charge in [-0.3, -0.25) is 4.98 Å². The molecule has 0 radical (unpaired) electrons. The first-order valence-corrected chi connectivity index (χ1v) is 12.1. The molecule has 1 unspecified atom stereocenters. The fourth-order valence-corrected chi connectivity index (χ4v) is 5.27. The Labute approximate surface area is 191 Å². The third kappa shape index (κ3) is 4.61. The predicted octanol–water partition coefficient (Wildman–Crippen LogP) is 5.59. The van der Waals surface area contributed by atoms with Crippen LogP contribution in [0, 0.1) is 5.92 Å². The number of hydrogen-bond acceptors (Lipinski definition) is 4. The zero-order valence-electron chi connectivity index (χ0n) is 18.8. The molecule has 31 heavy (non-hydrogen) atoms. The Morgan fingerprint density at radius 2 is 2.06 bits per heavy atom. The fraction of sp³-hybridized carbons (Fsp3) is 0.500. The lowest BCUT2D eigenvalue weighted by atomic mass is 9.84. The van der Waals surface area contributed by atoms with Gasteiger partial charge in [-0.2, -0.15) is 0 Å². The van der Waals surface area contributed by atoms with Crippen LogP contribution in [0.4, 0.5) is 0 Å². The van der Waals surface area contributed by atoms with Crippen molar-refractivity contribution in [2.75, 3.05) is 26.3 Å². The van der Waals surface area contributed by atoms with Gasteiger partial charge in [-0.1, -0.05) is 50.2 Å². The van der Waals surface area contributed by atoms with Gasteiger partial charge < -0.3 is 15.5 Å². The Bertz CT molecular complexity index is 983. The van der Waals surface area contributed by atoms with Gasteiger partial charge in [-0.15, -0.1) is 0 Å². The molecule has 1 aliphatic heterocycles. The highest BCUT2D eigenvalue weighted by molar-refractivity contribution is 6.36. The molecule has 2 N–H and O–H groups in total. The van der Waals surface area contributed by atoms with Crippen molar-refractivity contribution in [3.63, 3.8) is 0 Å². The molecule has 2 heterocycles. The first-order valence-electron chi connectivity index (χ1n) is 11.7. The van der Waals surface area contributed by atoms with Crippen molar-refractivity contribution in [3.8, 4) is 0 Å².